The van der Waals surface area contributed by atoms with Crippen LogP contribution in [0.3, 0.4) is 0 Å². The number of pyridine rings is 1. The Morgan fingerprint density at radius 2 is 1.91 bits per heavy atom. The zero-order valence-corrected chi connectivity index (χ0v) is 20.6. The predicted molar refractivity (Wildman–Crippen MR) is 136 cm³/mol. The van der Waals surface area contributed by atoms with Crippen LogP contribution in [-0.2, 0) is 4.79 Å². The molecule has 1 aliphatic heterocycles. The lowest BCUT2D eigenvalue weighted by Crippen LogP contribution is -2.33. The molecule has 0 unspecified atom stereocenters. The van der Waals surface area contributed by atoms with Gasteiger partial charge in [0.2, 0.25) is 5.91 Å². The highest BCUT2D eigenvalue weighted by Crippen LogP contribution is 2.34. The molecule has 7 nitrogen and oxygen atoms in total. The molecule has 0 bridgehead atoms. The molecule has 0 spiro atoms. The first kappa shape index (κ1) is 23.2. The van der Waals surface area contributed by atoms with Crippen molar-refractivity contribution in [1.82, 2.24) is 20.2 Å². The van der Waals surface area contributed by atoms with E-state index >= 15 is 0 Å². The Morgan fingerprint density at radius 1 is 1.09 bits per heavy atom. The first-order valence-corrected chi connectivity index (χ1v) is 13.2. The van der Waals surface area contributed by atoms with Crippen molar-refractivity contribution >= 4 is 50.2 Å². The van der Waals surface area contributed by atoms with E-state index in [4.69, 9.17) is 16.6 Å². The molecule has 2 aliphatic rings. The minimum atomic E-state index is -0.111. The third-order valence-corrected chi connectivity index (χ3v) is 7.53. The number of amides is 2. The zero-order valence-electron chi connectivity index (χ0n) is 19.0. The standard InChI is InChI=1S/C25H28ClN5O2S/c26-19-8-7-17(22(32)27-11-4-14-31-12-2-1-3-13-31)15-18(19)20-9-10-21-24(28-20)34-25(29-21)30-23(33)16-5-6-16/h7-10,15-16H,1-6,11-14H2,(H,27,32)(H,29,30,33). The smallest absolute Gasteiger partial charge is 0.251 e. The third kappa shape index (κ3) is 5.56. The number of piperidine rings is 1. The van der Waals surface area contributed by atoms with Crippen LogP contribution in [-0.4, -0.2) is 52.9 Å². The van der Waals surface area contributed by atoms with Gasteiger partial charge in [0.15, 0.2) is 5.13 Å². The Labute approximate surface area is 207 Å². The summed E-state index contributed by atoms with van der Waals surface area (Å²) in [6, 6.07) is 8.97. The largest absolute Gasteiger partial charge is 0.352 e. The highest BCUT2D eigenvalue weighted by Gasteiger charge is 2.30. The topological polar surface area (TPSA) is 87.2 Å². The van der Waals surface area contributed by atoms with Gasteiger partial charge in [-0.3, -0.25) is 9.59 Å². The van der Waals surface area contributed by atoms with Gasteiger partial charge in [0, 0.05) is 23.6 Å². The number of benzene rings is 1. The molecule has 3 aromatic rings. The first-order valence-electron chi connectivity index (χ1n) is 12.0. The van der Waals surface area contributed by atoms with Gasteiger partial charge in [0.05, 0.1) is 10.7 Å². The molecule has 178 valence electrons. The Hall–Kier alpha value is -2.55. The maximum Gasteiger partial charge on any atom is 0.251 e. The summed E-state index contributed by atoms with van der Waals surface area (Å²) < 4.78 is 0. The number of likely N-dealkylation sites (tertiary alicyclic amines) is 1. The number of nitrogens with one attached hydrogen (secondary N) is 2. The number of carbonyl (C=O) groups excluding carboxylic acids is 2. The molecule has 2 amide bonds. The molecule has 2 N–H and O–H groups in total. The highest BCUT2D eigenvalue weighted by molar-refractivity contribution is 7.22. The monoisotopic (exact) mass is 497 g/mol. The van der Waals surface area contributed by atoms with E-state index in [0.29, 0.717) is 38.4 Å². The molecule has 0 atom stereocenters. The Kier molecular flexibility index (Phi) is 7.08. The van der Waals surface area contributed by atoms with Crippen molar-refractivity contribution in [1.29, 1.82) is 0 Å². The van der Waals surface area contributed by atoms with Gasteiger partial charge < -0.3 is 15.5 Å². The number of aromatic nitrogens is 2. The summed E-state index contributed by atoms with van der Waals surface area (Å²) in [7, 11) is 0. The second kappa shape index (κ2) is 10.4. The average molecular weight is 498 g/mol. The van der Waals surface area contributed by atoms with Crippen LogP contribution in [0.4, 0.5) is 5.13 Å². The van der Waals surface area contributed by atoms with Crippen LogP contribution in [0.1, 0.15) is 48.9 Å². The minimum absolute atomic E-state index is 0.0250. The van der Waals surface area contributed by atoms with Crippen LogP contribution < -0.4 is 10.6 Å². The predicted octanol–water partition coefficient (Wildman–Crippen LogP) is 4.97. The first-order chi connectivity index (χ1) is 16.6. The van der Waals surface area contributed by atoms with E-state index in [1.165, 1.54) is 43.7 Å². The van der Waals surface area contributed by atoms with Crippen molar-refractivity contribution in [2.45, 2.75) is 38.5 Å². The number of anilines is 1. The van der Waals surface area contributed by atoms with E-state index in [-0.39, 0.29) is 17.7 Å². The van der Waals surface area contributed by atoms with Crippen LogP contribution >= 0.6 is 22.9 Å². The fraction of sp³-hybridized carbons (Fsp3) is 0.440. The summed E-state index contributed by atoms with van der Waals surface area (Å²) in [6.45, 7) is 4.00. The second-order valence-electron chi connectivity index (χ2n) is 9.01. The van der Waals surface area contributed by atoms with Gasteiger partial charge in [-0.25, -0.2) is 9.97 Å². The summed E-state index contributed by atoms with van der Waals surface area (Å²) in [5.41, 5.74) is 2.64. The van der Waals surface area contributed by atoms with Gasteiger partial charge in [-0.1, -0.05) is 29.4 Å². The number of fused-ring (bicyclic) bond motifs is 1. The van der Waals surface area contributed by atoms with E-state index in [0.717, 1.165) is 31.3 Å². The molecule has 5 rings (SSSR count). The summed E-state index contributed by atoms with van der Waals surface area (Å²) in [5.74, 6) is 0.0328. The average Bonchev–Trinajstić information content (AvgIpc) is 3.63. The number of halogens is 1. The quantitative estimate of drug-likeness (QED) is 0.429. The maximum atomic E-state index is 12.7. The van der Waals surface area contributed by atoms with Gasteiger partial charge >= 0.3 is 0 Å². The number of nitrogens with zero attached hydrogens (tertiary/aromatic N) is 3. The Bertz CT molecular complexity index is 1200. The van der Waals surface area contributed by atoms with Gasteiger partial charge in [-0.05, 0) is 82.1 Å². The summed E-state index contributed by atoms with van der Waals surface area (Å²) in [6.07, 6.45) is 6.71. The van der Waals surface area contributed by atoms with Crippen molar-refractivity contribution in [2.24, 2.45) is 5.92 Å². The number of thiazole rings is 1. The van der Waals surface area contributed by atoms with Crippen molar-refractivity contribution in [3.63, 3.8) is 0 Å². The van der Waals surface area contributed by atoms with Crippen molar-refractivity contribution < 1.29 is 9.59 Å². The van der Waals surface area contributed by atoms with Crippen molar-refractivity contribution in [2.75, 3.05) is 31.5 Å². The maximum absolute atomic E-state index is 12.7. The summed E-state index contributed by atoms with van der Waals surface area (Å²) in [4.78, 5) is 37.1. The van der Waals surface area contributed by atoms with Crippen LogP contribution in [0, 0.1) is 5.92 Å². The fourth-order valence-corrected chi connectivity index (χ4v) is 5.28. The Morgan fingerprint density at radius 3 is 2.71 bits per heavy atom. The third-order valence-electron chi connectivity index (χ3n) is 6.32. The van der Waals surface area contributed by atoms with E-state index in [9.17, 15) is 9.59 Å². The normalized spacial score (nSPS) is 16.5. The molecule has 2 fully saturated rings. The number of hydrogen-bond donors (Lipinski definition) is 2. The zero-order chi connectivity index (χ0) is 23.5. The van der Waals surface area contributed by atoms with Crippen LogP contribution in [0.5, 0.6) is 0 Å². The van der Waals surface area contributed by atoms with Crippen LogP contribution in [0.15, 0.2) is 30.3 Å². The lowest BCUT2D eigenvalue weighted by molar-refractivity contribution is -0.117. The lowest BCUT2D eigenvalue weighted by Gasteiger charge is -2.26. The van der Waals surface area contributed by atoms with E-state index in [1.807, 2.05) is 12.1 Å². The molecule has 9 heteroatoms. The fourth-order valence-electron chi connectivity index (χ4n) is 4.23. The Balaban J connectivity index is 1.25. The number of hydrogen-bond acceptors (Lipinski definition) is 6. The molecule has 2 aromatic heterocycles. The van der Waals surface area contributed by atoms with Gasteiger partial charge in [-0.15, -0.1) is 0 Å². The molecule has 3 heterocycles. The molecule has 34 heavy (non-hydrogen) atoms. The van der Waals surface area contributed by atoms with E-state index in [2.05, 4.69) is 20.5 Å². The number of rotatable bonds is 8. The van der Waals surface area contributed by atoms with Crippen LogP contribution in [0.2, 0.25) is 5.02 Å². The summed E-state index contributed by atoms with van der Waals surface area (Å²) >= 11 is 7.81. The van der Waals surface area contributed by atoms with Gasteiger partial charge in [0.25, 0.3) is 5.91 Å². The van der Waals surface area contributed by atoms with Gasteiger partial charge in [0.1, 0.15) is 10.3 Å². The molecule has 1 aliphatic carbocycles. The molecule has 1 aromatic carbocycles. The molecular formula is C25H28ClN5O2S. The van der Waals surface area contributed by atoms with Crippen LogP contribution in [0.25, 0.3) is 21.6 Å². The van der Waals surface area contributed by atoms with Crippen molar-refractivity contribution in [3.05, 3.63) is 40.9 Å². The lowest BCUT2D eigenvalue weighted by atomic mass is 10.1. The SMILES string of the molecule is O=C(NCCCN1CCCCC1)c1ccc(Cl)c(-c2ccc3nc(NC(=O)C4CC4)sc3n2)c1. The molecular weight excluding hydrogens is 470 g/mol. The van der Waals surface area contributed by atoms with Crippen molar-refractivity contribution in [3.8, 4) is 11.3 Å². The van der Waals surface area contributed by atoms with E-state index < -0.39 is 0 Å². The highest BCUT2D eigenvalue weighted by atomic mass is 35.5. The van der Waals surface area contributed by atoms with Gasteiger partial charge in [-0.2, -0.15) is 0 Å². The second-order valence-corrected chi connectivity index (χ2v) is 10.4. The summed E-state index contributed by atoms with van der Waals surface area (Å²) in [5, 5.41) is 6.99. The number of carbonyl (C=O) groups is 2. The minimum Gasteiger partial charge on any atom is -0.352 e. The molecule has 0 radical (unpaired) electrons. The van der Waals surface area contributed by atoms with E-state index in [1.54, 1.807) is 18.2 Å². The molecule has 1 saturated carbocycles. The molecule has 1 saturated heterocycles.